The van der Waals surface area contributed by atoms with Crippen LogP contribution in [0.4, 0.5) is 5.69 Å². The zero-order chi connectivity index (χ0) is 22.5. The molecule has 0 bridgehead atoms. The summed E-state index contributed by atoms with van der Waals surface area (Å²) in [6.45, 7) is 6.32. The smallest absolute Gasteiger partial charge is 0.162 e. The summed E-state index contributed by atoms with van der Waals surface area (Å²) >= 11 is 8.92. The monoisotopic (exact) mass is 559 g/mol. The minimum Gasteiger partial charge on any atom is -0.384 e. The summed E-state index contributed by atoms with van der Waals surface area (Å²) in [4.78, 5) is 17.6. The number of nitrogens with two attached hydrogens (primary N) is 1. The fourth-order valence-corrected chi connectivity index (χ4v) is 7.01. The van der Waals surface area contributed by atoms with Crippen LogP contribution in [0.15, 0.2) is 61.9 Å². The van der Waals surface area contributed by atoms with Gasteiger partial charge in [0.05, 0.1) is 23.2 Å². The first-order valence-corrected chi connectivity index (χ1v) is 12.6. The topological polar surface area (TPSA) is 70.1 Å². The molecule has 1 aliphatic heterocycles. The van der Waals surface area contributed by atoms with Crippen LogP contribution < -0.4 is 10.6 Å². The number of carbonyl (C=O) groups is 1. The molecule has 2 aliphatic rings. The molecule has 7 heteroatoms. The molecule has 2 N–H and O–H groups in total. The van der Waals surface area contributed by atoms with E-state index in [9.17, 15) is 10.1 Å². The van der Waals surface area contributed by atoms with Gasteiger partial charge in [0.15, 0.2) is 5.78 Å². The highest BCUT2D eigenvalue weighted by molar-refractivity contribution is 9.11. The number of allylic oxidation sites excluding steroid dienone is 3. The van der Waals surface area contributed by atoms with E-state index in [0.29, 0.717) is 29.8 Å². The van der Waals surface area contributed by atoms with Gasteiger partial charge in [0, 0.05) is 36.4 Å². The van der Waals surface area contributed by atoms with E-state index in [0.717, 1.165) is 31.6 Å². The average Bonchev–Trinajstić information content (AvgIpc) is 3.07. The van der Waals surface area contributed by atoms with Crippen molar-refractivity contribution in [2.45, 2.75) is 46.0 Å². The number of hydrogen-bond acceptors (Lipinski definition) is 5. The number of ketones is 1. The molecule has 0 saturated carbocycles. The first kappa shape index (κ1) is 22.3. The molecule has 1 aromatic carbocycles. The van der Waals surface area contributed by atoms with Gasteiger partial charge in [-0.3, -0.25) is 9.69 Å². The minimum atomic E-state index is -0.427. The number of hydrogen-bond donors (Lipinski definition) is 1. The molecule has 0 radical (unpaired) electrons. The molecule has 31 heavy (non-hydrogen) atoms. The van der Waals surface area contributed by atoms with E-state index in [1.54, 1.807) is 11.3 Å². The third kappa shape index (κ3) is 3.79. The number of nitriles is 1. The molecule has 0 spiro atoms. The zero-order valence-corrected chi connectivity index (χ0v) is 21.6. The third-order valence-electron chi connectivity index (χ3n) is 5.86. The van der Waals surface area contributed by atoms with Crippen LogP contribution in [0.5, 0.6) is 0 Å². The number of para-hydroxylation sites is 1. The molecule has 4 rings (SSSR count). The number of anilines is 1. The van der Waals surface area contributed by atoms with E-state index < -0.39 is 5.92 Å². The lowest BCUT2D eigenvalue weighted by Crippen LogP contribution is -2.42. The van der Waals surface area contributed by atoms with Crippen molar-refractivity contribution in [3.63, 3.8) is 0 Å². The molecule has 1 aromatic heterocycles. The molecule has 0 amide bonds. The highest BCUT2D eigenvalue weighted by atomic mass is 79.9. The van der Waals surface area contributed by atoms with Gasteiger partial charge in [0.1, 0.15) is 5.82 Å². The Balaban J connectivity index is 2.02. The molecule has 160 valence electrons. The Morgan fingerprint density at radius 3 is 2.58 bits per heavy atom. The second kappa shape index (κ2) is 8.23. The molecule has 2 aromatic rings. The van der Waals surface area contributed by atoms with Crippen molar-refractivity contribution in [2.24, 2.45) is 11.1 Å². The Bertz CT molecular complexity index is 1190. The molecule has 0 saturated heterocycles. The summed E-state index contributed by atoms with van der Waals surface area (Å²) in [6.07, 6.45) is 2.05. The lowest BCUT2D eigenvalue weighted by Gasteiger charge is -2.43. The molecule has 1 unspecified atom stereocenters. The summed E-state index contributed by atoms with van der Waals surface area (Å²) in [5.41, 5.74) is 9.38. The van der Waals surface area contributed by atoms with Gasteiger partial charge in [-0.15, -0.1) is 11.3 Å². The number of nitrogens with zero attached hydrogens (tertiary/aromatic N) is 2. The van der Waals surface area contributed by atoms with E-state index in [-0.39, 0.29) is 11.2 Å². The van der Waals surface area contributed by atoms with Gasteiger partial charge in [0.2, 0.25) is 0 Å². The maximum atomic E-state index is 13.5. The van der Waals surface area contributed by atoms with Crippen LogP contribution >= 0.6 is 43.2 Å². The lowest BCUT2D eigenvalue weighted by atomic mass is 9.69. The standard InChI is InChI=1S/C24H23Br2N3OS/c1-4-19-15(26)9-20(31-19)21-13(12-27)23(28)29(16-8-6-5-7-14(16)25)17-10-24(2,3)11-18(30)22(17)21/h5-9,21H,4,10-11,28H2,1-3H3. The van der Waals surface area contributed by atoms with Crippen LogP contribution in [-0.2, 0) is 11.2 Å². The van der Waals surface area contributed by atoms with E-state index >= 15 is 0 Å². The van der Waals surface area contributed by atoms with Crippen LogP contribution in [0.25, 0.3) is 0 Å². The SMILES string of the molecule is CCc1sc(C2C(C#N)=C(N)N(c3ccccc3Br)C3=C2C(=O)CC(C)(C)C3)cc1Br. The number of Topliss-reactive ketones (excluding diaryl/α,β-unsaturated/α-hetero) is 1. The Labute approximate surface area is 203 Å². The van der Waals surface area contributed by atoms with Gasteiger partial charge in [-0.05, 0) is 68.3 Å². The third-order valence-corrected chi connectivity index (χ3v) is 8.84. The summed E-state index contributed by atoms with van der Waals surface area (Å²) in [5, 5.41) is 10.2. The van der Waals surface area contributed by atoms with Crippen molar-refractivity contribution < 1.29 is 4.79 Å². The number of thiophene rings is 1. The first-order valence-electron chi connectivity index (χ1n) is 10.2. The van der Waals surface area contributed by atoms with Crippen molar-refractivity contribution in [1.29, 1.82) is 5.26 Å². The maximum absolute atomic E-state index is 13.5. The van der Waals surface area contributed by atoms with Gasteiger partial charge < -0.3 is 5.73 Å². The van der Waals surface area contributed by atoms with Crippen LogP contribution in [0.1, 0.15) is 49.3 Å². The summed E-state index contributed by atoms with van der Waals surface area (Å²) < 4.78 is 1.88. The number of rotatable bonds is 3. The van der Waals surface area contributed by atoms with Gasteiger partial charge >= 0.3 is 0 Å². The fourth-order valence-electron chi connectivity index (χ4n) is 4.51. The Kier molecular flexibility index (Phi) is 5.93. The van der Waals surface area contributed by atoms with Gasteiger partial charge in [-0.25, -0.2) is 0 Å². The highest BCUT2D eigenvalue weighted by Crippen LogP contribution is 2.52. The van der Waals surface area contributed by atoms with Crippen LogP contribution in [-0.4, -0.2) is 5.78 Å². The number of carbonyl (C=O) groups excluding carboxylic acids is 1. The highest BCUT2D eigenvalue weighted by Gasteiger charge is 2.45. The summed E-state index contributed by atoms with van der Waals surface area (Å²) in [5.74, 6) is 0.0614. The maximum Gasteiger partial charge on any atom is 0.162 e. The average molecular weight is 561 g/mol. The van der Waals surface area contributed by atoms with Crippen molar-refractivity contribution in [2.75, 3.05) is 4.90 Å². The summed E-state index contributed by atoms with van der Waals surface area (Å²) in [7, 11) is 0. The molecule has 0 fully saturated rings. The number of aryl methyl sites for hydroxylation is 1. The fraction of sp³-hybridized carbons (Fsp3) is 0.333. The molecule has 2 heterocycles. The second-order valence-corrected chi connectivity index (χ2v) is 11.6. The van der Waals surface area contributed by atoms with Crippen molar-refractivity contribution in [3.05, 3.63) is 71.7 Å². The summed E-state index contributed by atoms with van der Waals surface area (Å²) in [6, 6.07) is 12.2. The molecule has 1 aliphatic carbocycles. The minimum absolute atomic E-state index is 0.0936. The van der Waals surface area contributed by atoms with E-state index in [4.69, 9.17) is 5.73 Å². The first-order chi connectivity index (χ1) is 14.7. The Morgan fingerprint density at radius 2 is 1.97 bits per heavy atom. The number of benzene rings is 1. The van der Waals surface area contributed by atoms with Crippen LogP contribution in [0, 0.1) is 16.7 Å². The van der Waals surface area contributed by atoms with Gasteiger partial charge in [-0.2, -0.15) is 5.26 Å². The predicted octanol–water partition coefficient (Wildman–Crippen LogP) is 6.78. The van der Waals surface area contributed by atoms with Crippen molar-refractivity contribution in [3.8, 4) is 6.07 Å². The molecular formula is C24H23Br2N3OS. The van der Waals surface area contributed by atoms with Crippen LogP contribution in [0.2, 0.25) is 0 Å². The zero-order valence-electron chi connectivity index (χ0n) is 17.6. The van der Waals surface area contributed by atoms with Gasteiger partial charge in [0.25, 0.3) is 0 Å². The Morgan fingerprint density at radius 1 is 1.26 bits per heavy atom. The van der Waals surface area contributed by atoms with Gasteiger partial charge in [-0.1, -0.05) is 32.9 Å². The van der Waals surface area contributed by atoms with E-state index in [1.807, 2.05) is 35.2 Å². The largest absolute Gasteiger partial charge is 0.384 e. The lowest BCUT2D eigenvalue weighted by molar-refractivity contribution is -0.118. The molecule has 1 atom stereocenters. The quantitative estimate of drug-likeness (QED) is 0.449. The van der Waals surface area contributed by atoms with E-state index in [1.165, 1.54) is 4.88 Å². The number of halogens is 2. The predicted molar refractivity (Wildman–Crippen MR) is 133 cm³/mol. The van der Waals surface area contributed by atoms with Crippen LogP contribution in [0.3, 0.4) is 0 Å². The van der Waals surface area contributed by atoms with Crippen molar-refractivity contribution >= 4 is 54.7 Å². The van der Waals surface area contributed by atoms with E-state index in [2.05, 4.69) is 58.7 Å². The second-order valence-electron chi connectivity index (χ2n) is 8.71. The molecule has 4 nitrogen and oxygen atoms in total. The molecular weight excluding hydrogens is 538 g/mol. The van der Waals surface area contributed by atoms with Crippen molar-refractivity contribution in [1.82, 2.24) is 0 Å². The normalized spacial score (nSPS) is 20.7. The Hall–Kier alpha value is -1.88.